The van der Waals surface area contributed by atoms with Gasteiger partial charge in [0.25, 0.3) is 11.8 Å². The van der Waals surface area contributed by atoms with E-state index in [-0.39, 0.29) is 25.0 Å². The van der Waals surface area contributed by atoms with Crippen molar-refractivity contribution in [1.29, 1.82) is 0 Å². The Morgan fingerprint density at radius 2 is 1.06 bits per heavy atom. The molecule has 0 radical (unpaired) electrons. The molecule has 0 spiro atoms. The van der Waals surface area contributed by atoms with Crippen molar-refractivity contribution in [1.82, 2.24) is 0 Å². The molecule has 4 aromatic rings. The summed E-state index contributed by atoms with van der Waals surface area (Å²) < 4.78 is 11.3. The summed E-state index contributed by atoms with van der Waals surface area (Å²) in [7, 11) is 0. The van der Waals surface area contributed by atoms with Gasteiger partial charge in [-0.05, 0) is 54.6 Å². The molecule has 172 valence electrons. The first kappa shape index (κ1) is 22.9. The molecule has 0 saturated heterocycles. The first-order valence-corrected chi connectivity index (χ1v) is 11.0. The van der Waals surface area contributed by atoms with Crippen LogP contribution in [0.5, 0.6) is 11.5 Å². The molecule has 4 rings (SSSR count). The molecule has 4 aromatic carbocycles. The third-order valence-electron chi connectivity index (χ3n) is 5.36. The van der Waals surface area contributed by atoms with Crippen LogP contribution in [0, 0.1) is 13.8 Å². The van der Waals surface area contributed by atoms with Gasteiger partial charge in [-0.15, -0.1) is 0 Å². The van der Waals surface area contributed by atoms with E-state index in [9.17, 15) is 9.59 Å². The summed E-state index contributed by atoms with van der Waals surface area (Å²) in [6, 6.07) is 26.2. The fourth-order valence-electron chi connectivity index (χ4n) is 3.65. The zero-order chi connectivity index (χ0) is 23.9. The van der Waals surface area contributed by atoms with Gasteiger partial charge in [0.2, 0.25) is 0 Å². The average molecular weight is 455 g/mol. The Morgan fingerprint density at radius 1 is 0.618 bits per heavy atom. The molecular formula is C28H26N2O4. The number of carbonyl (C=O) groups excluding carboxylic acids is 2. The van der Waals surface area contributed by atoms with E-state index in [1.165, 1.54) is 0 Å². The summed E-state index contributed by atoms with van der Waals surface area (Å²) in [6.45, 7) is 3.60. The minimum absolute atomic E-state index is 0.125. The Hall–Kier alpha value is -4.32. The number of ether oxygens (including phenoxy) is 2. The molecule has 0 fully saturated rings. The number of fused-ring (bicyclic) bond motifs is 1. The van der Waals surface area contributed by atoms with Crippen molar-refractivity contribution in [3.63, 3.8) is 0 Å². The molecule has 6 heteroatoms. The smallest absolute Gasteiger partial charge is 0.262 e. The van der Waals surface area contributed by atoms with Crippen molar-refractivity contribution < 1.29 is 19.1 Å². The van der Waals surface area contributed by atoms with Crippen LogP contribution < -0.4 is 20.1 Å². The van der Waals surface area contributed by atoms with Gasteiger partial charge in [0, 0.05) is 5.39 Å². The fraction of sp³-hybridized carbons (Fsp3) is 0.143. The largest absolute Gasteiger partial charge is 0.483 e. The lowest BCUT2D eigenvalue weighted by Gasteiger charge is -2.15. The van der Waals surface area contributed by atoms with Crippen LogP contribution in [-0.4, -0.2) is 25.0 Å². The molecule has 2 N–H and O–H groups in total. The van der Waals surface area contributed by atoms with Gasteiger partial charge in [-0.2, -0.15) is 0 Å². The maximum absolute atomic E-state index is 12.6. The zero-order valence-electron chi connectivity index (χ0n) is 19.1. The van der Waals surface area contributed by atoms with Crippen molar-refractivity contribution in [2.24, 2.45) is 0 Å². The molecule has 6 nitrogen and oxygen atoms in total. The number of hydrogen-bond acceptors (Lipinski definition) is 4. The van der Waals surface area contributed by atoms with Crippen molar-refractivity contribution in [2.75, 3.05) is 23.8 Å². The maximum Gasteiger partial charge on any atom is 0.262 e. The minimum atomic E-state index is -0.292. The molecule has 2 amide bonds. The Balaban J connectivity index is 1.47. The molecule has 0 heterocycles. The molecule has 0 aliphatic rings. The van der Waals surface area contributed by atoms with Crippen LogP contribution in [0.1, 0.15) is 11.1 Å². The standard InChI is InChI=1S/C28H26N2O4/c1-19-9-3-5-15-24(19)33-17-26(31)29-22-13-7-11-21-12-8-14-23(28(21)22)30-27(32)18-34-25-16-6-4-10-20(25)2/h3-16H,17-18H2,1-2H3,(H,29,31)(H,30,32). The maximum atomic E-state index is 12.6. The molecule has 0 atom stereocenters. The molecule has 0 bridgehead atoms. The summed E-state index contributed by atoms with van der Waals surface area (Å²) in [5.74, 6) is 0.744. The lowest BCUT2D eigenvalue weighted by atomic mass is 10.1. The van der Waals surface area contributed by atoms with E-state index in [0.717, 1.165) is 21.9 Å². The van der Waals surface area contributed by atoms with E-state index < -0.39 is 0 Å². The van der Waals surface area contributed by atoms with Gasteiger partial charge in [-0.1, -0.05) is 60.7 Å². The highest BCUT2D eigenvalue weighted by Gasteiger charge is 2.13. The number of carbonyl (C=O) groups is 2. The molecule has 0 aromatic heterocycles. The highest BCUT2D eigenvalue weighted by molar-refractivity contribution is 6.11. The molecule has 0 saturated carbocycles. The van der Waals surface area contributed by atoms with Crippen molar-refractivity contribution in [3.8, 4) is 11.5 Å². The number of anilines is 2. The number of aryl methyl sites for hydroxylation is 2. The van der Waals surface area contributed by atoms with E-state index in [1.807, 2.05) is 86.6 Å². The fourth-order valence-corrected chi connectivity index (χ4v) is 3.65. The quantitative estimate of drug-likeness (QED) is 0.369. The van der Waals surface area contributed by atoms with Gasteiger partial charge in [0.15, 0.2) is 13.2 Å². The SMILES string of the molecule is Cc1ccccc1OCC(=O)Nc1cccc2cccc(NC(=O)COc3ccccc3C)c12. The van der Waals surface area contributed by atoms with E-state index in [0.29, 0.717) is 22.9 Å². The number of hydrogen-bond donors (Lipinski definition) is 2. The summed E-state index contributed by atoms with van der Waals surface area (Å²) in [4.78, 5) is 25.2. The first-order chi connectivity index (χ1) is 16.5. The molecule has 0 unspecified atom stereocenters. The van der Waals surface area contributed by atoms with Gasteiger partial charge in [0.1, 0.15) is 11.5 Å². The topological polar surface area (TPSA) is 76.7 Å². The average Bonchev–Trinajstić information content (AvgIpc) is 2.83. The summed E-state index contributed by atoms with van der Waals surface area (Å²) in [6.07, 6.45) is 0. The van der Waals surface area contributed by atoms with Crippen molar-refractivity contribution in [2.45, 2.75) is 13.8 Å². The second-order valence-electron chi connectivity index (χ2n) is 7.91. The van der Waals surface area contributed by atoms with E-state index >= 15 is 0 Å². The number of nitrogens with one attached hydrogen (secondary N) is 2. The van der Waals surface area contributed by atoms with Crippen LogP contribution >= 0.6 is 0 Å². The number of benzene rings is 4. The second-order valence-corrected chi connectivity index (χ2v) is 7.91. The number of amides is 2. The van der Waals surface area contributed by atoms with E-state index in [1.54, 1.807) is 12.1 Å². The summed E-state index contributed by atoms with van der Waals surface area (Å²) >= 11 is 0. The monoisotopic (exact) mass is 454 g/mol. The Labute approximate surface area is 198 Å². The van der Waals surface area contributed by atoms with Gasteiger partial charge < -0.3 is 20.1 Å². The molecule has 34 heavy (non-hydrogen) atoms. The van der Waals surface area contributed by atoms with Crippen molar-refractivity contribution >= 4 is 34.0 Å². The van der Waals surface area contributed by atoms with Crippen LogP contribution in [0.4, 0.5) is 11.4 Å². The molecular weight excluding hydrogens is 428 g/mol. The third kappa shape index (κ3) is 5.53. The second kappa shape index (κ2) is 10.5. The highest BCUT2D eigenvalue weighted by Crippen LogP contribution is 2.31. The van der Waals surface area contributed by atoms with Gasteiger partial charge in [0.05, 0.1) is 11.4 Å². The normalized spacial score (nSPS) is 10.5. The van der Waals surface area contributed by atoms with E-state index in [4.69, 9.17) is 9.47 Å². The van der Waals surface area contributed by atoms with Gasteiger partial charge in [-0.3, -0.25) is 9.59 Å². The number of rotatable bonds is 8. The lowest BCUT2D eigenvalue weighted by Crippen LogP contribution is -2.22. The Kier molecular flexibility index (Phi) is 7.08. The van der Waals surface area contributed by atoms with Crippen LogP contribution in [0.2, 0.25) is 0 Å². The van der Waals surface area contributed by atoms with Crippen molar-refractivity contribution in [3.05, 3.63) is 96.1 Å². The van der Waals surface area contributed by atoms with Crippen LogP contribution in [0.15, 0.2) is 84.9 Å². The predicted octanol–water partition coefficient (Wildman–Crippen LogP) is 5.49. The highest BCUT2D eigenvalue weighted by atomic mass is 16.5. The van der Waals surface area contributed by atoms with Crippen LogP contribution in [-0.2, 0) is 9.59 Å². The zero-order valence-corrected chi connectivity index (χ0v) is 19.1. The minimum Gasteiger partial charge on any atom is -0.483 e. The Bertz CT molecular complexity index is 1230. The van der Waals surface area contributed by atoms with Crippen LogP contribution in [0.25, 0.3) is 10.8 Å². The molecule has 0 aliphatic carbocycles. The molecule has 0 aliphatic heterocycles. The summed E-state index contributed by atoms with van der Waals surface area (Å²) in [5.41, 5.74) is 3.09. The van der Waals surface area contributed by atoms with Gasteiger partial charge in [-0.25, -0.2) is 0 Å². The van der Waals surface area contributed by atoms with E-state index in [2.05, 4.69) is 10.6 Å². The Morgan fingerprint density at radius 3 is 1.50 bits per heavy atom. The lowest BCUT2D eigenvalue weighted by molar-refractivity contribution is -0.118. The van der Waals surface area contributed by atoms with Gasteiger partial charge >= 0.3 is 0 Å². The summed E-state index contributed by atoms with van der Waals surface area (Å²) in [5, 5.41) is 7.43. The first-order valence-electron chi connectivity index (χ1n) is 11.0. The predicted molar refractivity (Wildman–Crippen MR) is 135 cm³/mol. The van der Waals surface area contributed by atoms with Crippen LogP contribution in [0.3, 0.4) is 0 Å². The number of para-hydroxylation sites is 2. The third-order valence-corrected chi connectivity index (χ3v) is 5.36.